The number of pyridine rings is 1. The van der Waals surface area contributed by atoms with Crippen LogP contribution in [-0.4, -0.2) is 41.1 Å². The lowest BCUT2D eigenvalue weighted by Crippen LogP contribution is -2.36. The summed E-state index contributed by atoms with van der Waals surface area (Å²) in [5.41, 5.74) is 1.89. The Hall–Kier alpha value is -2.13. The number of aryl methyl sites for hydroxylation is 1. The van der Waals surface area contributed by atoms with E-state index in [4.69, 9.17) is 0 Å². The molecule has 0 amide bonds. The van der Waals surface area contributed by atoms with E-state index in [-0.39, 0.29) is 5.16 Å². The Bertz CT molecular complexity index is 956. The molecule has 3 heterocycles. The number of aromatic amines is 1. The number of H-pyrrole nitrogens is 1. The van der Waals surface area contributed by atoms with Crippen molar-refractivity contribution in [1.29, 1.82) is 0 Å². The van der Waals surface area contributed by atoms with Gasteiger partial charge in [0.2, 0.25) is 20.9 Å². The number of nitrogens with zero attached hydrogens (tertiary/aromatic N) is 3. The van der Waals surface area contributed by atoms with Crippen molar-refractivity contribution < 1.29 is 12.8 Å². The smallest absolute Gasteiger partial charge is 0.256 e. The van der Waals surface area contributed by atoms with Crippen LogP contribution in [0.25, 0.3) is 0 Å². The summed E-state index contributed by atoms with van der Waals surface area (Å²) in [7, 11) is -3.55. The highest BCUT2D eigenvalue weighted by Crippen LogP contribution is 2.18. The normalized spacial score (nSPS) is 15.3. The Morgan fingerprint density at radius 2 is 2.17 bits per heavy atom. The number of hydrogen-bond acceptors (Lipinski definition) is 6. The van der Waals surface area contributed by atoms with Crippen LogP contribution in [0.2, 0.25) is 0 Å². The van der Waals surface area contributed by atoms with Gasteiger partial charge in [0.15, 0.2) is 0 Å². The average molecular weight is 352 g/mol. The lowest BCUT2D eigenvalue weighted by Gasteiger charge is -2.27. The number of rotatable bonds is 3. The van der Waals surface area contributed by atoms with Crippen molar-refractivity contribution in [2.45, 2.75) is 31.6 Å². The molecule has 0 saturated heterocycles. The summed E-state index contributed by atoms with van der Waals surface area (Å²) in [6, 6.07) is 1.73. The number of hydrogen-bond donors (Lipinski definition) is 1. The number of halogens is 1. The van der Waals surface area contributed by atoms with Crippen LogP contribution in [0.3, 0.4) is 0 Å². The van der Waals surface area contributed by atoms with Crippen molar-refractivity contribution in [2.75, 3.05) is 12.8 Å². The van der Waals surface area contributed by atoms with Gasteiger partial charge in [-0.05, 0) is 18.6 Å². The lowest BCUT2D eigenvalue weighted by molar-refractivity contribution is 0.240. The molecular weight excluding hydrogens is 335 g/mol. The Labute approximate surface area is 138 Å². The minimum absolute atomic E-state index is 0.293. The van der Waals surface area contributed by atoms with Gasteiger partial charge in [-0.2, -0.15) is 4.39 Å². The highest BCUT2D eigenvalue weighted by molar-refractivity contribution is 7.90. The first kappa shape index (κ1) is 16.7. The summed E-state index contributed by atoms with van der Waals surface area (Å²) in [5, 5.41) is -0.293. The van der Waals surface area contributed by atoms with Crippen LogP contribution >= 0.6 is 0 Å². The van der Waals surface area contributed by atoms with E-state index < -0.39 is 21.3 Å². The van der Waals surface area contributed by atoms with E-state index in [9.17, 15) is 17.6 Å². The molecule has 0 fully saturated rings. The predicted octanol–water partition coefficient (Wildman–Crippen LogP) is 0.574. The Kier molecular flexibility index (Phi) is 4.22. The predicted molar refractivity (Wildman–Crippen MR) is 84.7 cm³/mol. The molecule has 0 unspecified atom stereocenters. The van der Waals surface area contributed by atoms with Crippen molar-refractivity contribution in [3.8, 4) is 0 Å². The maximum Gasteiger partial charge on any atom is 0.256 e. The van der Waals surface area contributed by atoms with E-state index in [1.807, 2.05) is 4.90 Å². The molecule has 0 aromatic carbocycles. The van der Waals surface area contributed by atoms with Gasteiger partial charge in [-0.3, -0.25) is 14.7 Å². The van der Waals surface area contributed by atoms with Gasteiger partial charge >= 0.3 is 0 Å². The topological polar surface area (TPSA) is 96.0 Å². The molecule has 1 aliphatic heterocycles. The molecule has 7 nitrogen and oxygen atoms in total. The average Bonchev–Trinajstić information content (AvgIpc) is 2.50. The third kappa shape index (κ3) is 3.36. The number of sulfone groups is 1. The van der Waals surface area contributed by atoms with Crippen molar-refractivity contribution >= 4 is 9.84 Å². The summed E-state index contributed by atoms with van der Waals surface area (Å²) < 4.78 is 36.3. The van der Waals surface area contributed by atoms with Crippen molar-refractivity contribution in [3.05, 3.63) is 50.9 Å². The van der Waals surface area contributed by atoms with Crippen molar-refractivity contribution in [2.24, 2.45) is 0 Å². The quantitative estimate of drug-likeness (QED) is 0.641. The van der Waals surface area contributed by atoms with E-state index in [0.29, 0.717) is 42.9 Å². The number of nitrogens with one attached hydrogen (secondary N) is 1. The van der Waals surface area contributed by atoms with E-state index in [0.717, 1.165) is 11.8 Å². The third-order valence-corrected chi connectivity index (χ3v) is 4.85. The summed E-state index contributed by atoms with van der Waals surface area (Å²) in [6.07, 6.45) is 2.97. The molecule has 3 rings (SSSR count). The Morgan fingerprint density at radius 1 is 1.42 bits per heavy atom. The molecule has 0 bridgehead atoms. The maximum absolute atomic E-state index is 13.2. The van der Waals surface area contributed by atoms with Gasteiger partial charge in [-0.15, -0.1) is 0 Å². The second-order valence-corrected chi connectivity index (χ2v) is 7.91. The fourth-order valence-corrected chi connectivity index (χ4v) is 3.28. The van der Waals surface area contributed by atoms with E-state index in [2.05, 4.69) is 15.0 Å². The van der Waals surface area contributed by atoms with Gasteiger partial charge in [0.05, 0.1) is 11.3 Å². The molecule has 0 spiro atoms. The molecule has 24 heavy (non-hydrogen) atoms. The molecule has 0 atom stereocenters. The summed E-state index contributed by atoms with van der Waals surface area (Å²) in [4.78, 5) is 24.3. The first-order valence-electron chi connectivity index (χ1n) is 7.39. The highest BCUT2D eigenvalue weighted by atomic mass is 32.2. The molecule has 2 aromatic rings. The SMILES string of the molecule is Cc1cc(CN2CCc3nc(S(C)(=O)=O)[nH]c(=O)c3C2)cnc1F. The third-order valence-electron chi connectivity index (χ3n) is 3.95. The maximum atomic E-state index is 13.2. The van der Waals surface area contributed by atoms with Crippen LogP contribution in [0, 0.1) is 12.9 Å². The van der Waals surface area contributed by atoms with E-state index in [1.165, 1.54) is 6.20 Å². The molecule has 1 N–H and O–H groups in total. The van der Waals surface area contributed by atoms with Crippen LogP contribution in [0.4, 0.5) is 4.39 Å². The fraction of sp³-hybridized carbons (Fsp3) is 0.400. The molecule has 2 aromatic heterocycles. The van der Waals surface area contributed by atoms with Gasteiger partial charge in [-0.1, -0.05) is 0 Å². The summed E-state index contributed by atoms with van der Waals surface area (Å²) >= 11 is 0. The molecule has 1 aliphatic rings. The Morgan fingerprint density at radius 3 is 2.83 bits per heavy atom. The van der Waals surface area contributed by atoms with Gasteiger partial charge in [0, 0.05) is 44.1 Å². The fourth-order valence-electron chi connectivity index (χ4n) is 2.73. The zero-order valence-corrected chi connectivity index (χ0v) is 14.2. The largest absolute Gasteiger partial charge is 0.297 e. The molecular formula is C15H17FN4O3S. The summed E-state index contributed by atoms with van der Waals surface area (Å²) in [6.45, 7) is 3.17. The standard InChI is InChI=1S/C15H17FN4O3S/c1-9-5-10(6-17-13(9)16)7-20-4-3-12-11(8-20)14(21)19-15(18-12)24(2,22)23/h5-6H,3-4,7-8H2,1-2H3,(H,18,19,21). The van der Waals surface area contributed by atoms with Crippen LogP contribution in [0.15, 0.2) is 22.2 Å². The summed E-state index contributed by atoms with van der Waals surface area (Å²) in [5.74, 6) is -0.489. The van der Waals surface area contributed by atoms with Crippen LogP contribution in [0.5, 0.6) is 0 Å². The van der Waals surface area contributed by atoms with Crippen LogP contribution < -0.4 is 5.56 Å². The minimum atomic E-state index is -3.55. The molecule has 0 aliphatic carbocycles. The monoisotopic (exact) mass is 352 g/mol. The zero-order valence-electron chi connectivity index (χ0n) is 13.3. The van der Waals surface area contributed by atoms with Crippen molar-refractivity contribution in [1.82, 2.24) is 19.9 Å². The van der Waals surface area contributed by atoms with Crippen LogP contribution in [-0.2, 0) is 29.3 Å². The number of fused-ring (bicyclic) bond motifs is 1. The molecule has 0 radical (unpaired) electrons. The van der Waals surface area contributed by atoms with Gasteiger partial charge in [0.1, 0.15) is 0 Å². The first-order chi connectivity index (χ1) is 11.2. The second kappa shape index (κ2) is 6.06. The highest BCUT2D eigenvalue weighted by Gasteiger charge is 2.23. The molecule has 128 valence electrons. The van der Waals surface area contributed by atoms with E-state index >= 15 is 0 Å². The number of aromatic nitrogens is 3. The minimum Gasteiger partial charge on any atom is -0.297 e. The molecule has 9 heteroatoms. The second-order valence-electron chi connectivity index (χ2n) is 5.98. The zero-order chi connectivity index (χ0) is 17.5. The van der Waals surface area contributed by atoms with Gasteiger partial charge in [0.25, 0.3) is 5.56 Å². The molecule has 0 saturated carbocycles. The van der Waals surface area contributed by atoms with Gasteiger partial charge < -0.3 is 0 Å². The van der Waals surface area contributed by atoms with Gasteiger partial charge in [-0.25, -0.2) is 18.4 Å². The first-order valence-corrected chi connectivity index (χ1v) is 9.28. The lowest BCUT2D eigenvalue weighted by atomic mass is 10.1. The van der Waals surface area contributed by atoms with Crippen molar-refractivity contribution in [3.63, 3.8) is 0 Å². The van der Waals surface area contributed by atoms with E-state index in [1.54, 1.807) is 13.0 Å². The Balaban J connectivity index is 1.84. The van der Waals surface area contributed by atoms with Crippen LogP contribution in [0.1, 0.15) is 22.4 Å².